The largest absolute Gasteiger partial charge is 0.485 e. The van der Waals surface area contributed by atoms with Crippen molar-refractivity contribution < 1.29 is 22.5 Å². The van der Waals surface area contributed by atoms with E-state index < -0.39 is 12.0 Å². The number of fused-ring (bicyclic) bond motifs is 1. The highest BCUT2D eigenvalue weighted by molar-refractivity contribution is 5.73. The van der Waals surface area contributed by atoms with E-state index in [-0.39, 0.29) is 25.5 Å². The lowest BCUT2D eigenvalue weighted by atomic mass is 10.3. The molecule has 0 saturated carbocycles. The molecule has 0 radical (unpaired) electrons. The zero-order valence-corrected chi connectivity index (χ0v) is 9.45. The number of halogens is 3. The Bertz CT molecular complexity index is 466. The van der Waals surface area contributed by atoms with Gasteiger partial charge in [0.15, 0.2) is 0 Å². The topological polar surface area (TPSA) is 42.0 Å². The Morgan fingerprint density at radius 1 is 1.47 bits per heavy atom. The van der Waals surface area contributed by atoms with Crippen LogP contribution in [-0.4, -0.2) is 27.1 Å². The van der Waals surface area contributed by atoms with Crippen molar-refractivity contribution >= 4 is 5.91 Å². The maximum atomic E-state index is 12.7. The van der Waals surface area contributed by atoms with Crippen LogP contribution in [0.15, 0.2) is 0 Å². The molecule has 94 valence electrons. The summed E-state index contributed by atoms with van der Waals surface area (Å²) in [5.74, 6) is -0.664. The third kappa shape index (κ3) is 1.98. The van der Waals surface area contributed by atoms with Gasteiger partial charge in [-0.05, 0) is 0 Å². The molecule has 0 spiro atoms. The summed E-state index contributed by atoms with van der Waals surface area (Å²) in [7, 11) is 1.45. The first-order valence-electron chi connectivity index (χ1n) is 5.09. The number of carbonyl (C=O) groups excluding carboxylic acids is 1. The zero-order chi connectivity index (χ0) is 12.8. The van der Waals surface area contributed by atoms with Gasteiger partial charge in [-0.3, -0.25) is 4.79 Å². The molecule has 17 heavy (non-hydrogen) atoms. The van der Waals surface area contributed by atoms with Gasteiger partial charge in [-0.15, -0.1) is 4.68 Å². The van der Waals surface area contributed by atoms with Gasteiger partial charge in [0.25, 0.3) is 5.82 Å². The molecule has 1 aliphatic heterocycles. The van der Waals surface area contributed by atoms with Crippen molar-refractivity contribution in [3.05, 3.63) is 11.6 Å². The average Bonchev–Trinajstić information content (AvgIpc) is 2.55. The van der Waals surface area contributed by atoms with Crippen LogP contribution in [-0.2, 0) is 31.1 Å². The first-order chi connectivity index (χ1) is 7.80. The van der Waals surface area contributed by atoms with Gasteiger partial charge in [0.05, 0.1) is 25.2 Å². The molecule has 2 rings (SSSR count). The standard InChI is InChI=1S/C9H12F3N4O/c1-6(17)15-3-4-16-7(5-15)14(2)13-8(16)9(10,11)12/h3-5H2,1-2H3/q+1. The fourth-order valence-electron chi connectivity index (χ4n) is 1.92. The van der Waals surface area contributed by atoms with Crippen molar-refractivity contribution in [2.45, 2.75) is 26.2 Å². The number of amides is 1. The predicted molar refractivity (Wildman–Crippen MR) is 49.5 cm³/mol. The summed E-state index contributed by atoms with van der Waals surface area (Å²) in [6, 6.07) is 0. The van der Waals surface area contributed by atoms with Crippen LogP contribution < -0.4 is 4.57 Å². The minimum Gasteiger partial charge on any atom is -0.329 e. The number of hydrogen-bond donors (Lipinski definition) is 0. The van der Waals surface area contributed by atoms with E-state index in [0.717, 1.165) is 4.57 Å². The fourth-order valence-corrected chi connectivity index (χ4v) is 1.92. The molecule has 8 heteroatoms. The van der Waals surface area contributed by atoms with Crippen molar-refractivity contribution in [3.63, 3.8) is 0 Å². The van der Waals surface area contributed by atoms with Crippen LogP contribution in [0.5, 0.6) is 0 Å². The van der Waals surface area contributed by atoms with Gasteiger partial charge in [0.1, 0.15) is 6.54 Å². The highest BCUT2D eigenvalue weighted by Gasteiger charge is 2.47. The first-order valence-corrected chi connectivity index (χ1v) is 5.09. The summed E-state index contributed by atoms with van der Waals surface area (Å²) in [6.07, 6.45) is -4.46. The van der Waals surface area contributed by atoms with Crippen LogP contribution in [0, 0.1) is 0 Å². The van der Waals surface area contributed by atoms with Gasteiger partial charge in [0.2, 0.25) is 5.91 Å². The molecule has 1 aromatic heterocycles. The van der Waals surface area contributed by atoms with Crippen LogP contribution in [0.4, 0.5) is 13.2 Å². The van der Waals surface area contributed by atoms with Gasteiger partial charge in [0, 0.05) is 6.92 Å². The van der Waals surface area contributed by atoms with E-state index in [2.05, 4.69) is 5.10 Å². The summed E-state index contributed by atoms with van der Waals surface area (Å²) < 4.78 is 40.3. The molecule has 0 fully saturated rings. The fraction of sp³-hybridized carbons (Fsp3) is 0.667. The van der Waals surface area contributed by atoms with E-state index in [9.17, 15) is 18.0 Å². The van der Waals surface area contributed by atoms with Crippen LogP contribution in [0.1, 0.15) is 18.6 Å². The molecule has 0 atom stereocenters. The number of nitrogens with zero attached hydrogens (tertiary/aromatic N) is 4. The number of alkyl halides is 3. The Kier molecular flexibility index (Phi) is 2.59. The Morgan fingerprint density at radius 2 is 2.12 bits per heavy atom. The number of aryl methyl sites for hydroxylation is 1. The van der Waals surface area contributed by atoms with E-state index in [1.807, 2.05) is 0 Å². The summed E-state index contributed by atoms with van der Waals surface area (Å²) >= 11 is 0. The number of carbonyl (C=O) groups is 1. The Labute approximate surface area is 95.4 Å². The van der Waals surface area contributed by atoms with Crippen molar-refractivity contribution in [3.8, 4) is 0 Å². The predicted octanol–water partition coefficient (Wildman–Crippen LogP) is 0.0885. The monoisotopic (exact) mass is 249 g/mol. The van der Waals surface area contributed by atoms with Crippen molar-refractivity contribution in [2.75, 3.05) is 6.54 Å². The lowest BCUT2D eigenvalue weighted by Gasteiger charge is -2.24. The quantitative estimate of drug-likeness (QED) is 0.611. The van der Waals surface area contributed by atoms with Crippen LogP contribution >= 0.6 is 0 Å². The highest BCUT2D eigenvalue weighted by atomic mass is 19.4. The van der Waals surface area contributed by atoms with E-state index >= 15 is 0 Å². The normalized spacial score (nSPS) is 15.9. The molecule has 0 unspecified atom stereocenters. The lowest BCUT2D eigenvalue weighted by Crippen LogP contribution is -2.54. The third-order valence-electron chi connectivity index (χ3n) is 2.81. The maximum Gasteiger partial charge on any atom is 0.485 e. The Hall–Kier alpha value is -1.60. The molecule has 0 saturated heterocycles. The first kappa shape index (κ1) is 11.9. The van der Waals surface area contributed by atoms with E-state index in [0.29, 0.717) is 5.82 Å². The summed E-state index contributed by atoms with van der Waals surface area (Å²) in [5.41, 5.74) is 0. The Morgan fingerprint density at radius 3 is 2.65 bits per heavy atom. The van der Waals surface area contributed by atoms with Crippen LogP contribution in [0.2, 0.25) is 0 Å². The maximum absolute atomic E-state index is 12.7. The SMILES string of the molecule is CC(=O)N1CC[n+]2c(C(F)(F)F)nn(C)c2C1. The second-order valence-corrected chi connectivity index (χ2v) is 3.95. The molecule has 1 aliphatic rings. The van der Waals surface area contributed by atoms with E-state index in [1.165, 1.54) is 23.6 Å². The molecule has 0 aromatic carbocycles. The molecule has 1 amide bonds. The second kappa shape index (κ2) is 3.71. The number of rotatable bonds is 0. The van der Waals surface area contributed by atoms with Gasteiger partial charge in [-0.2, -0.15) is 13.2 Å². The van der Waals surface area contributed by atoms with Gasteiger partial charge in [-0.25, -0.2) is 4.57 Å². The van der Waals surface area contributed by atoms with Gasteiger partial charge >= 0.3 is 12.0 Å². The van der Waals surface area contributed by atoms with E-state index in [4.69, 9.17) is 0 Å². The zero-order valence-electron chi connectivity index (χ0n) is 9.45. The smallest absolute Gasteiger partial charge is 0.329 e. The minimum absolute atomic E-state index is 0.123. The minimum atomic E-state index is -4.46. The molecule has 0 bridgehead atoms. The van der Waals surface area contributed by atoms with Gasteiger partial charge in [-0.1, -0.05) is 0 Å². The Balaban J connectivity index is 2.41. The summed E-state index contributed by atoms with van der Waals surface area (Å²) in [6.45, 7) is 1.96. The van der Waals surface area contributed by atoms with Crippen LogP contribution in [0.3, 0.4) is 0 Å². The molecule has 0 aliphatic carbocycles. The molecule has 1 aromatic rings. The van der Waals surface area contributed by atoms with Crippen molar-refractivity contribution in [2.24, 2.45) is 7.05 Å². The molecule has 5 nitrogen and oxygen atoms in total. The number of hydrogen-bond acceptors (Lipinski definition) is 2. The molecule has 0 N–H and O–H groups in total. The lowest BCUT2D eigenvalue weighted by molar-refractivity contribution is -0.728. The van der Waals surface area contributed by atoms with Gasteiger partial charge < -0.3 is 4.90 Å². The second-order valence-electron chi connectivity index (χ2n) is 3.95. The van der Waals surface area contributed by atoms with Crippen molar-refractivity contribution in [1.82, 2.24) is 14.7 Å². The molecular formula is C9H12F3N4O+. The molecule has 2 heterocycles. The summed E-state index contributed by atoms with van der Waals surface area (Å²) in [4.78, 5) is 12.7. The van der Waals surface area contributed by atoms with E-state index in [1.54, 1.807) is 0 Å². The number of aromatic nitrogens is 3. The average molecular weight is 249 g/mol. The molecular weight excluding hydrogens is 237 g/mol. The van der Waals surface area contributed by atoms with Crippen LogP contribution in [0.25, 0.3) is 0 Å². The summed E-state index contributed by atoms with van der Waals surface area (Å²) in [5, 5.41) is 3.47. The van der Waals surface area contributed by atoms with Crippen molar-refractivity contribution in [1.29, 1.82) is 0 Å². The highest BCUT2D eigenvalue weighted by Crippen LogP contribution is 2.26. The third-order valence-corrected chi connectivity index (χ3v) is 2.81.